The van der Waals surface area contributed by atoms with Crippen molar-refractivity contribution in [2.45, 2.75) is 38.4 Å². The lowest BCUT2D eigenvalue weighted by molar-refractivity contribution is -0.0740. The molecule has 224 valence electrons. The minimum atomic E-state index is -0.399. The average Bonchev–Trinajstić information content (AvgIpc) is 3.77. The molecule has 1 atom stereocenters. The summed E-state index contributed by atoms with van der Waals surface area (Å²) in [4.78, 5) is 17.0. The third-order valence-corrected chi connectivity index (χ3v) is 9.25. The molecule has 2 aromatic carbocycles. The van der Waals surface area contributed by atoms with E-state index < -0.39 is 5.82 Å². The highest BCUT2D eigenvalue weighted by Gasteiger charge is 2.37. The van der Waals surface area contributed by atoms with Gasteiger partial charge in [-0.25, -0.2) is 14.4 Å². The summed E-state index contributed by atoms with van der Waals surface area (Å²) in [5.41, 5.74) is 4.21. The number of hydrogen-bond acceptors (Lipinski definition) is 9. The average molecular weight is 594 g/mol. The Hall–Kier alpha value is -4.48. The third-order valence-electron chi connectivity index (χ3n) is 9.25. The highest BCUT2D eigenvalue weighted by molar-refractivity contribution is 5.90. The first kappa shape index (κ1) is 27.1. The van der Waals surface area contributed by atoms with Crippen LogP contribution in [0.4, 0.5) is 4.39 Å². The number of benzene rings is 2. The maximum Gasteiger partial charge on any atom is 0.225 e. The van der Waals surface area contributed by atoms with E-state index in [4.69, 9.17) is 23.9 Å². The standard InChI is InChI=1S/C33H32FN7O3/c1-3-40-18-36-31-25(14-37-39-32(31)40)20-4-7-26(34)24(12-20)28-15-35-33(44-28)29-23-6-5-22(42-2)13-27(23)38-30(29)19-8-10-41(11-9-19)21-16-43-17-21/h4-7,12-15,18-19,21,30H,3,8-11,16-17H2,1-2H3. The fraction of sp³-hybridized carbons (Fsp3) is 0.364. The van der Waals surface area contributed by atoms with E-state index in [9.17, 15) is 0 Å². The number of likely N-dealkylation sites (tertiary alicyclic amines) is 1. The van der Waals surface area contributed by atoms with Crippen LogP contribution in [0.15, 0.2) is 64.5 Å². The Bertz CT molecular complexity index is 1990. The Morgan fingerprint density at radius 3 is 2.66 bits per heavy atom. The summed E-state index contributed by atoms with van der Waals surface area (Å²) >= 11 is 0. The highest BCUT2D eigenvalue weighted by Crippen LogP contribution is 2.36. The molecule has 10 nitrogen and oxygen atoms in total. The predicted molar refractivity (Wildman–Crippen MR) is 161 cm³/mol. The number of ether oxygens (including phenoxy) is 2. The van der Waals surface area contributed by atoms with Crippen molar-refractivity contribution in [3.63, 3.8) is 0 Å². The van der Waals surface area contributed by atoms with Crippen LogP contribution in [-0.4, -0.2) is 75.1 Å². The molecule has 3 aliphatic rings. The van der Waals surface area contributed by atoms with Gasteiger partial charge in [0, 0.05) is 29.0 Å². The fourth-order valence-corrected chi connectivity index (χ4v) is 6.68. The quantitative estimate of drug-likeness (QED) is 0.282. The number of piperidine rings is 1. The van der Waals surface area contributed by atoms with E-state index >= 15 is 4.39 Å². The van der Waals surface area contributed by atoms with Crippen LogP contribution >= 0.6 is 0 Å². The largest absolute Gasteiger partial charge is 0.497 e. The molecule has 11 heteroatoms. The van der Waals surface area contributed by atoms with E-state index in [0.717, 1.165) is 78.7 Å². The molecule has 8 rings (SSSR count). The summed E-state index contributed by atoms with van der Waals surface area (Å²) in [6, 6.07) is 11.3. The van der Waals surface area contributed by atoms with Crippen LogP contribution in [0.2, 0.25) is 0 Å². The van der Waals surface area contributed by atoms with Gasteiger partial charge in [-0.1, -0.05) is 6.07 Å². The van der Waals surface area contributed by atoms with Crippen molar-refractivity contribution < 1.29 is 18.3 Å². The molecular weight excluding hydrogens is 561 g/mol. The van der Waals surface area contributed by atoms with Crippen LogP contribution in [0.3, 0.4) is 0 Å². The van der Waals surface area contributed by atoms with Crippen LogP contribution < -0.4 is 15.3 Å². The van der Waals surface area contributed by atoms with Gasteiger partial charge in [0.15, 0.2) is 11.4 Å². The van der Waals surface area contributed by atoms with Gasteiger partial charge >= 0.3 is 0 Å². The molecule has 0 radical (unpaired) electrons. The number of rotatable bonds is 7. The van der Waals surface area contributed by atoms with Crippen LogP contribution in [0.25, 0.3) is 39.2 Å². The first-order valence-electron chi connectivity index (χ1n) is 15.1. The van der Waals surface area contributed by atoms with Gasteiger partial charge in [-0.3, -0.25) is 9.89 Å². The maximum absolute atomic E-state index is 15.4. The van der Waals surface area contributed by atoms with Crippen molar-refractivity contribution in [2.24, 2.45) is 10.9 Å². The molecule has 0 spiro atoms. The number of oxazole rings is 1. The van der Waals surface area contributed by atoms with Crippen LogP contribution in [0, 0.1) is 11.7 Å². The van der Waals surface area contributed by atoms with Gasteiger partial charge in [0.05, 0.1) is 62.0 Å². The van der Waals surface area contributed by atoms with E-state index in [2.05, 4.69) is 20.1 Å². The zero-order valence-electron chi connectivity index (χ0n) is 24.6. The molecule has 0 amide bonds. The zero-order valence-corrected chi connectivity index (χ0v) is 24.6. The van der Waals surface area contributed by atoms with Crippen molar-refractivity contribution in [2.75, 3.05) is 33.4 Å². The Balaban J connectivity index is 1.16. The normalized spacial score (nSPS) is 19.2. The molecule has 3 aliphatic heterocycles. The van der Waals surface area contributed by atoms with Gasteiger partial charge in [-0.05, 0) is 68.6 Å². The van der Waals surface area contributed by atoms with Gasteiger partial charge in [-0.15, -0.1) is 5.10 Å². The lowest BCUT2D eigenvalue weighted by Gasteiger charge is -2.42. The van der Waals surface area contributed by atoms with Crippen molar-refractivity contribution in [1.29, 1.82) is 0 Å². The van der Waals surface area contributed by atoms with Crippen LogP contribution in [0.1, 0.15) is 25.7 Å². The molecule has 3 aromatic heterocycles. The molecule has 0 aliphatic carbocycles. The van der Waals surface area contributed by atoms with Crippen molar-refractivity contribution >= 4 is 16.7 Å². The molecule has 2 fully saturated rings. The van der Waals surface area contributed by atoms with Crippen molar-refractivity contribution in [3.05, 3.63) is 77.4 Å². The smallest absolute Gasteiger partial charge is 0.225 e. The third kappa shape index (κ3) is 4.49. The van der Waals surface area contributed by atoms with E-state index in [1.54, 1.807) is 38.0 Å². The number of hydrogen-bond donors (Lipinski definition) is 0. The Kier molecular flexibility index (Phi) is 6.71. The molecule has 0 N–H and O–H groups in total. The molecule has 1 unspecified atom stereocenters. The summed E-state index contributed by atoms with van der Waals surface area (Å²) in [5.74, 6) is 1.50. The predicted octanol–water partition coefficient (Wildman–Crippen LogP) is 3.63. The summed E-state index contributed by atoms with van der Waals surface area (Å²) in [7, 11) is 1.66. The number of aryl methyl sites for hydroxylation is 1. The van der Waals surface area contributed by atoms with Gasteiger partial charge < -0.3 is 18.5 Å². The van der Waals surface area contributed by atoms with E-state index in [1.165, 1.54) is 6.07 Å². The maximum atomic E-state index is 15.4. The second kappa shape index (κ2) is 10.9. The van der Waals surface area contributed by atoms with Gasteiger partial charge in [0.1, 0.15) is 17.1 Å². The minimum absolute atomic E-state index is 0.107. The van der Waals surface area contributed by atoms with Gasteiger partial charge in [0.2, 0.25) is 5.89 Å². The fourth-order valence-electron chi connectivity index (χ4n) is 6.68. The molecule has 0 bridgehead atoms. The summed E-state index contributed by atoms with van der Waals surface area (Å²) in [6.45, 7) is 6.42. The summed E-state index contributed by atoms with van der Waals surface area (Å²) in [5, 5.41) is 10.3. The number of imidazole rings is 1. The second-order valence-electron chi connectivity index (χ2n) is 11.6. The first-order chi connectivity index (χ1) is 21.6. The molecule has 0 saturated carbocycles. The Labute approximate surface area is 252 Å². The molecule has 6 heterocycles. The number of halogens is 1. The van der Waals surface area contributed by atoms with E-state index in [0.29, 0.717) is 40.3 Å². The Morgan fingerprint density at radius 2 is 1.89 bits per heavy atom. The lowest BCUT2D eigenvalue weighted by Crippen LogP contribution is -2.52. The first-order valence-corrected chi connectivity index (χ1v) is 15.1. The lowest BCUT2D eigenvalue weighted by atomic mass is 9.85. The molecule has 44 heavy (non-hydrogen) atoms. The molecule has 5 aromatic rings. The summed E-state index contributed by atoms with van der Waals surface area (Å²) in [6.07, 6.45) is 7.05. The zero-order chi connectivity index (χ0) is 29.8. The monoisotopic (exact) mass is 593 g/mol. The number of aromatic nitrogens is 5. The number of methoxy groups -OCH3 is 1. The molecule has 2 saturated heterocycles. The van der Waals surface area contributed by atoms with Crippen molar-refractivity contribution in [3.8, 4) is 28.2 Å². The minimum Gasteiger partial charge on any atom is -0.497 e. The van der Waals surface area contributed by atoms with Gasteiger partial charge in [0.25, 0.3) is 0 Å². The number of nitrogens with zero attached hydrogens (tertiary/aromatic N) is 7. The second-order valence-corrected chi connectivity index (χ2v) is 11.6. The SMILES string of the molecule is CCn1cnc2c(-c3ccc(F)c(-c4cnc(C5=c6ccc(OC)cc6=NC5C5CCN(C6COC6)CC5)o4)c3)cnnc21. The van der Waals surface area contributed by atoms with Gasteiger partial charge in [-0.2, -0.15) is 5.10 Å². The van der Waals surface area contributed by atoms with E-state index in [1.807, 2.05) is 29.7 Å². The highest BCUT2D eigenvalue weighted by atomic mass is 19.1. The van der Waals surface area contributed by atoms with Crippen LogP contribution in [0.5, 0.6) is 5.75 Å². The molecular formula is C33H32FN7O3. The topological polar surface area (TPSA) is 104 Å². The van der Waals surface area contributed by atoms with Crippen molar-refractivity contribution in [1.82, 2.24) is 29.6 Å². The Morgan fingerprint density at radius 1 is 1.02 bits per heavy atom. The van der Waals surface area contributed by atoms with Crippen LogP contribution in [-0.2, 0) is 11.3 Å². The number of fused-ring (bicyclic) bond motifs is 2. The van der Waals surface area contributed by atoms with E-state index in [-0.39, 0.29) is 6.04 Å². The summed E-state index contributed by atoms with van der Waals surface area (Å²) < 4.78 is 34.6.